The van der Waals surface area contributed by atoms with Crippen LogP contribution in [0.25, 0.3) is 0 Å². The molecular formula is C22H49BO10. The van der Waals surface area contributed by atoms with Crippen LogP contribution in [0, 0.1) is 0 Å². The Balaban J connectivity index is -0.000000611. The maximum absolute atomic E-state index is 11.0. The molecule has 0 atom stereocenters. The molecule has 0 unspecified atom stereocenters. The molecule has 0 bridgehead atoms. The van der Waals surface area contributed by atoms with Crippen molar-refractivity contribution in [3.63, 3.8) is 0 Å². The predicted octanol–water partition coefficient (Wildman–Crippen LogP) is 0.644. The van der Waals surface area contributed by atoms with Gasteiger partial charge in [-0.15, -0.1) is 0 Å². The van der Waals surface area contributed by atoms with Crippen LogP contribution in [0.5, 0.6) is 0 Å². The van der Waals surface area contributed by atoms with Gasteiger partial charge in [0, 0.05) is 6.42 Å². The first-order chi connectivity index (χ1) is 15.8. The highest BCUT2D eigenvalue weighted by atomic mass is 16.6. The monoisotopic (exact) mass is 484 g/mol. The van der Waals surface area contributed by atoms with Gasteiger partial charge in [0.1, 0.15) is 12.2 Å². The van der Waals surface area contributed by atoms with Crippen LogP contribution in [-0.4, -0.2) is 92.6 Å². The topological polar surface area (TPSA) is 188 Å². The summed E-state index contributed by atoms with van der Waals surface area (Å²) in [4.78, 5) is 11.0. The normalized spacial score (nSPS) is 10.4. The number of hydrogen-bond acceptors (Lipinski definition) is 10. The molecule has 0 aliphatic rings. The lowest BCUT2D eigenvalue weighted by Crippen LogP contribution is -2.21. The quantitative estimate of drug-likeness (QED) is 0.0955. The van der Waals surface area contributed by atoms with E-state index in [9.17, 15) is 4.79 Å². The molecule has 0 aromatic heterocycles. The van der Waals surface area contributed by atoms with Crippen molar-refractivity contribution in [2.24, 2.45) is 0 Å². The van der Waals surface area contributed by atoms with Crippen molar-refractivity contribution in [3.8, 4) is 0 Å². The largest absolute Gasteiger partial charge is 0.709 e. The number of rotatable bonds is 19. The van der Waals surface area contributed by atoms with Gasteiger partial charge in [0.25, 0.3) is 5.97 Å². The lowest BCUT2D eigenvalue weighted by Gasteiger charge is -2.04. The zero-order valence-corrected chi connectivity index (χ0v) is 20.4. The molecule has 0 radical (unpaired) electrons. The Morgan fingerprint density at radius 3 is 1.18 bits per heavy atom. The van der Waals surface area contributed by atoms with Crippen molar-refractivity contribution in [2.75, 3.05) is 26.4 Å². The third-order valence-electron chi connectivity index (χ3n) is 4.56. The molecule has 11 heteroatoms. The van der Waals surface area contributed by atoms with Gasteiger partial charge in [-0.3, -0.25) is 4.79 Å². The summed E-state index contributed by atoms with van der Waals surface area (Å²) in [5.41, 5.74) is 0. The predicted molar refractivity (Wildman–Crippen MR) is 127 cm³/mol. The van der Waals surface area contributed by atoms with E-state index in [0.29, 0.717) is 0 Å². The van der Waals surface area contributed by atoms with E-state index in [-0.39, 0.29) is 32.8 Å². The summed E-state index contributed by atoms with van der Waals surface area (Å²) < 4.78 is 4.23. The minimum Gasteiger partial charge on any atom is -0.485 e. The van der Waals surface area contributed by atoms with Crippen LogP contribution >= 0.6 is 0 Å². The molecule has 10 nitrogen and oxygen atoms in total. The molecule has 0 aliphatic heterocycles. The first-order valence-electron chi connectivity index (χ1n) is 12.1. The van der Waals surface area contributed by atoms with Gasteiger partial charge in [0.2, 0.25) is 0 Å². The molecule has 0 aromatic carbocycles. The van der Waals surface area contributed by atoms with E-state index in [0.717, 1.165) is 19.3 Å². The molecule has 0 aliphatic carbocycles. The van der Waals surface area contributed by atoms with Gasteiger partial charge in [-0.25, -0.2) is 0 Å². The summed E-state index contributed by atoms with van der Waals surface area (Å²) in [6, 6.07) is 0. The lowest BCUT2D eigenvalue weighted by atomic mass is 10.0. The van der Waals surface area contributed by atoms with Crippen LogP contribution < -0.4 is 0 Å². The molecule has 0 aromatic rings. The molecule has 0 saturated heterocycles. The number of carbonyl (C=O) groups is 1. The van der Waals surface area contributed by atoms with Crippen LogP contribution in [0.15, 0.2) is 0 Å². The minimum absolute atomic E-state index is 0.273. The fourth-order valence-corrected chi connectivity index (χ4v) is 2.58. The van der Waals surface area contributed by atoms with Crippen molar-refractivity contribution in [1.82, 2.24) is 0 Å². The number of unbranched alkanes of at least 4 members (excludes halogenated alkanes) is 12. The number of carbonyl (C=O) groups excluding carboxylic acids is 1. The zero-order valence-electron chi connectivity index (χ0n) is 20.4. The van der Waals surface area contributed by atoms with E-state index >= 15 is 0 Å². The molecule has 33 heavy (non-hydrogen) atoms. The molecule has 0 spiro atoms. The van der Waals surface area contributed by atoms with Crippen LogP contribution in [0.3, 0.4) is 0 Å². The Bertz CT molecular complexity index is 357. The summed E-state index contributed by atoms with van der Waals surface area (Å²) in [7, 11) is -1.97. The average Bonchev–Trinajstić information content (AvgIpc) is 2.81. The van der Waals surface area contributed by atoms with Gasteiger partial charge >= 0.3 is 7.32 Å². The summed E-state index contributed by atoms with van der Waals surface area (Å²) >= 11 is 0. The second-order valence-electron chi connectivity index (χ2n) is 7.85. The molecule has 0 saturated carbocycles. The van der Waals surface area contributed by atoms with Gasteiger partial charge in [0.15, 0.2) is 0 Å². The third kappa shape index (κ3) is 38.8. The smallest absolute Gasteiger partial charge is 0.485 e. The molecule has 0 fully saturated rings. The molecule has 0 heterocycles. The van der Waals surface area contributed by atoms with Crippen molar-refractivity contribution in [2.45, 2.75) is 109 Å². The van der Waals surface area contributed by atoms with Gasteiger partial charge in [-0.2, -0.15) is 0 Å². The zero-order chi connectivity index (χ0) is 25.7. The van der Waals surface area contributed by atoms with Crippen LogP contribution in [0.1, 0.15) is 96.8 Å². The minimum atomic E-state index is -1.97. The number of aliphatic hydroxyl groups is 6. The van der Waals surface area contributed by atoms with E-state index in [1.54, 1.807) is 0 Å². The average molecular weight is 484 g/mol. The molecule has 8 N–H and O–H groups in total. The summed E-state index contributed by atoms with van der Waals surface area (Å²) in [6.07, 6.45) is 14.7. The summed E-state index contributed by atoms with van der Waals surface area (Å²) in [5.74, 6) is -0.534. The SMILES string of the molecule is CCCCCCCCCCCCCCCC(=O)OB(O)O.OCC(O)CO.OCC(O)CO. The first kappa shape index (κ1) is 36.8. The maximum atomic E-state index is 11.0. The highest BCUT2D eigenvalue weighted by molar-refractivity contribution is 6.35. The Labute approximate surface area is 199 Å². The third-order valence-corrected chi connectivity index (χ3v) is 4.56. The van der Waals surface area contributed by atoms with Crippen LogP contribution in [-0.2, 0) is 9.45 Å². The fraction of sp³-hybridized carbons (Fsp3) is 0.955. The van der Waals surface area contributed by atoms with Crippen molar-refractivity contribution < 1.29 is 50.1 Å². The van der Waals surface area contributed by atoms with E-state index in [1.807, 2.05) is 0 Å². The maximum Gasteiger partial charge on any atom is 0.709 e. The second kappa shape index (κ2) is 31.2. The Morgan fingerprint density at radius 1 is 0.636 bits per heavy atom. The van der Waals surface area contributed by atoms with Crippen molar-refractivity contribution in [3.05, 3.63) is 0 Å². The second-order valence-corrected chi connectivity index (χ2v) is 7.85. The number of hydrogen-bond donors (Lipinski definition) is 8. The highest BCUT2D eigenvalue weighted by Gasteiger charge is 2.14. The van der Waals surface area contributed by atoms with Crippen LogP contribution in [0.4, 0.5) is 0 Å². The van der Waals surface area contributed by atoms with E-state index in [4.69, 9.17) is 40.7 Å². The molecular weight excluding hydrogens is 435 g/mol. The first-order valence-corrected chi connectivity index (χ1v) is 12.1. The highest BCUT2D eigenvalue weighted by Crippen LogP contribution is 2.13. The van der Waals surface area contributed by atoms with Gasteiger partial charge in [-0.1, -0.05) is 84.0 Å². The number of aliphatic hydroxyl groups excluding tert-OH is 6. The standard InChI is InChI=1S/C16H33BO4.2C3H8O3/c1-2-3-4-5-6-7-8-9-10-11-12-13-14-15-16(18)21-17(19)20;2*4-1-3(6)2-5/h19-20H,2-15H2,1H3;2*3-6H,1-2H2. The van der Waals surface area contributed by atoms with Crippen LogP contribution in [0.2, 0.25) is 0 Å². The van der Waals surface area contributed by atoms with Gasteiger partial charge in [0.05, 0.1) is 26.4 Å². The Kier molecular flexibility index (Phi) is 34.8. The summed E-state index contributed by atoms with van der Waals surface area (Å²) in [6.45, 7) is 0.791. The fourth-order valence-electron chi connectivity index (χ4n) is 2.58. The molecule has 200 valence electrons. The van der Waals surface area contributed by atoms with Gasteiger partial charge in [-0.05, 0) is 6.42 Å². The van der Waals surface area contributed by atoms with Gasteiger partial charge < -0.3 is 45.3 Å². The van der Waals surface area contributed by atoms with Crippen molar-refractivity contribution in [1.29, 1.82) is 0 Å². The van der Waals surface area contributed by atoms with E-state index in [2.05, 4.69) is 11.6 Å². The summed E-state index contributed by atoms with van der Waals surface area (Å²) in [5, 5.41) is 64.9. The van der Waals surface area contributed by atoms with E-state index in [1.165, 1.54) is 64.2 Å². The molecule has 0 rings (SSSR count). The van der Waals surface area contributed by atoms with Crippen molar-refractivity contribution >= 4 is 13.3 Å². The lowest BCUT2D eigenvalue weighted by molar-refractivity contribution is -0.137. The Hall–Kier alpha value is -0.785. The molecule has 0 amide bonds. The Morgan fingerprint density at radius 2 is 0.939 bits per heavy atom. The van der Waals surface area contributed by atoms with E-state index < -0.39 is 25.5 Å².